The molecule has 82 valence electrons. The molecule has 0 bridgehead atoms. The Labute approximate surface area is 126 Å². The summed E-state index contributed by atoms with van der Waals surface area (Å²) in [5, 5.41) is 0. The zero-order valence-electron chi connectivity index (χ0n) is 8.08. The smallest absolute Gasteiger partial charge is 0.207 e. The number of carbonyl (C=O) groups is 1. The minimum absolute atomic E-state index is 0.158. The monoisotopic (exact) mass is 493 g/mol. The normalized spacial score (nSPS) is 12.9. The zero-order valence-corrected chi connectivity index (χ0v) is 14.0. The van der Waals surface area contributed by atoms with Crippen LogP contribution in [0.5, 0.6) is 0 Å². The van der Waals surface area contributed by atoms with Crippen LogP contribution in [0.25, 0.3) is 0 Å². The fourth-order valence-corrected chi connectivity index (χ4v) is 3.07. The quantitative estimate of drug-likeness (QED) is 0.357. The Morgan fingerprint density at radius 3 is 2.47 bits per heavy atom. The molecule has 0 saturated carbocycles. The summed E-state index contributed by atoms with van der Waals surface area (Å²) in [7, 11) is 0. The van der Waals surface area contributed by atoms with Crippen LogP contribution in [-0.4, -0.2) is 13.4 Å². The molecule has 0 amide bonds. The molecule has 0 aliphatic carbocycles. The molecule has 0 saturated heterocycles. The van der Waals surface area contributed by atoms with Crippen molar-refractivity contribution in [3.05, 3.63) is 34.3 Å². The molecule has 0 N–H and O–H groups in total. The maximum Gasteiger partial charge on any atom is 0.207 e. The Bertz CT molecular complexity index is 342. The molecule has 0 spiro atoms. The van der Waals surface area contributed by atoms with Crippen LogP contribution in [0.15, 0.2) is 28.7 Å². The van der Waals surface area contributed by atoms with Crippen LogP contribution in [0.2, 0.25) is 0 Å². The van der Waals surface area contributed by atoms with Crippen molar-refractivity contribution in [3.8, 4) is 0 Å². The summed E-state index contributed by atoms with van der Waals surface area (Å²) in [4.78, 5) is 11.0. The van der Waals surface area contributed by atoms with Crippen LogP contribution < -0.4 is 0 Å². The van der Waals surface area contributed by atoms with E-state index >= 15 is 0 Å². The molecular weight excluding hydrogens is 484 g/mol. The van der Waals surface area contributed by atoms with Crippen molar-refractivity contribution in [2.24, 2.45) is 0 Å². The van der Waals surface area contributed by atoms with E-state index in [0.717, 1.165) is 4.47 Å². The van der Waals surface area contributed by atoms with Gasteiger partial charge in [-0.3, -0.25) is 4.79 Å². The van der Waals surface area contributed by atoms with Gasteiger partial charge in [-0.25, -0.2) is 3.11 Å². The van der Waals surface area contributed by atoms with Gasteiger partial charge in [-0.1, -0.05) is 28.1 Å². The SMILES string of the molecule is CC(c1ccc(Br)cc1)N(I)CC(=O)I. The predicted molar refractivity (Wildman–Crippen MR) is 82.3 cm³/mol. The average molecular weight is 494 g/mol. The lowest BCUT2D eigenvalue weighted by Crippen LogP contribution is -2.20. The van der Waals surface area contributed by atoms with E-state index in [2.05, 4.69) is 57.9 Å². The van der Waals surface area contributed by atoms with Crippen molar-refractivity contribution < 1.29 is 4.79 Å². The topological polar surface area (TPSA) is 20.3 Å². The fourth-order valence-electron chi connectivity index (χ4n) is 1.16. The lowest BCUT2D eigenvalue weighted by Gasteiger charge is -2.21. The minimum Gasteiger partial charge on any atom is -0.286 e. The molecule has 0 heterocycles. The Balaban J connectivity index is 2.71. The Kier molecular flexibility index (Phi) is 6.01. The highest BCUT2D eigenvalue weighted by atomic mass is 127. The molecule has 1 rings (SSSR count). The number of hydrogen-bond acceptors (Lipinski definition) is 2. The van der Waals surface area contributed by atoms with E-state index in [0.29, 0.717) is 6.54 Å². The fraction of sp³-hybridized carbons (Fsp3) is 0.300. The van der Waals surface area contributed by atoms with Crippen LogP contribution >= 0.6 is 61.4 Å². The first-order valence-electron chi connectivity index (χ1n) is 4.37. The Morgan fingerprint density at radius 1 is 1.47 bits per heavy atom. The molecule has 5 heteroatoms. The molecule has 1 aromatic rings. The molecule has 1 aromatic carbocycles. The number of benzene rings is 1. The number of nitrogens with zero attached hydrogens (tertiary/aromatic N) is 1. The largest absolute Gasteiger partial charge is 0.286 e. The first kappa shape index (κ1) is 13.9. The molecular formula is C10H10BrI2NO. The van der Waals surface area contributed by atoms with E-state index in [1.165, 1.54) is 5.56 Å². The zero-order chi connectivity index (χ0) is 11.4. The third-order valence-electron chi connectivity index (χ3n) is 2.05. The minimum atomic E-state index is 0.158. The van der Waals surface area contributed by atoms with Crippen molar-refractivity contribution in [2.75, 3.05) is 6.54 Å². The van der Waals surface area contributed by atoms with E-state index in [1.807, 2.05) is 37.8 Å². The van der Waals surface area contributed by atoms with Crippen LogP contribution in [0.4, 0.5) is 0 Å². The summed E-state index contributed by atoms with van der Waals surface area (Å²) in [5.41, 5.74) is 1.21. The van der Waals surface area contributed by atoms with E-state index in [4.69, 9.17) is 0 Å². The first-order chi connectivity index (χ1) is 7.00. The first-order valence-corrected chi connectivity index (χ1v) is 7.20. The van der Waals surface area contributed by atoms with E-state index < -0.39 is 0 Å². The van der Waals surface area contributed by atoms with Crippen molar-refractivity contribution in [1.29, 1.82) is 0 Å². The van der Waals surface area contributed by atoms with Gasteiger partial charge >= 0.3 is 0 Å². The molecule has 2 nitrogen and oxygen atoms in total. The third kappa shape index (κ3) is 4.66. The van der Waals surface area contributed by atoms with Gasteiger partial charge in [-0.05, 0) is 24.6 Å². The predicted octanol–water partition coefficient (Wildman–Crippen LogP) is 4.12. The van der Waals surface area contributed by atoms with E-state index in [-0.39, 0.29) is 9.83 Å². The summed E-state index contributed by atoms with van der Waals surface area (Å²) in [6.45, 7) is 2.56. The van der Waals surface area contributed by atoms with Crippen LogP contribution in [0.3, 0.4) is 0 Å². The van der Waals surface area contributed by atoms with Gasteiger partial charge in [0.25, 0.3) is 0 Å². The Morgan fingerprint density at radius 2 is 2.00 bits per heavy atom. The molecule has 0 radical (unpaired) electrons. The number of hydrogen-bond donors (Lipinski definition) is 0. The highest BCUT2D eigenvalue weighted by molar-refractivity contribution is 14.1. The third-order valence-corrected chi connectivity index (χ3v) is 4.09. The summed E-state index contributed by atoms with van der Waals surface area (Å²) in [6.07, 6.45) is 0. The summed E-state index contributed by atoms with van der Waals surface area (Å²) >= 11 is 7.41. The van der Waals surface area contributed by atoms with Crippen LogP contribution in [0, 0.1) is 0 Å². The van der Waals surface area contributed by atoms with Crippen LogP contribution in [0.1, 0.15) is 18.5 Å². The van der Waals surface area contributed by atoms with Crippen molar-refractivity contribution >= 4 is 65.2 Å². The molecule has 0 aliphatic heterocycles. The second-order valence-corrected chi connectivity index (χ2v) is 6.50. The van der Waals surface area contributed by atoms with Gasteiger partial charge < -0.3 is 0 Å². The summed E-state index contributed by atoms with van der Waals surface area (Å²) in [6, 6.07) is 8.41. The van der Waals surface area contributed by atoms with Crippen molar-refractivity contribution in [1.82, 2.24) is 3.11 Å². The number of carbonyl (C=O) groups excluding carboxylic acids is 1. The van der Waals surface area contributed by atoms with Gasteiger partial charge in [0, 0.05) is 56.0 Å². The van der Waals surface area contributed by atoms with Gasteiger partial charge in [-0.15, -0.1) is 0 Å². The van der Waals surface area contributed by atoms with Crippen molar-refractivity contribution in [3.63, 3.8) is 0 Å². The van der Waals surface area contributed by atoms with E-state index in [9.17, 15) is 4.79 Å². The molecule has 15 heavy (non-hydrogen) atoms. The molecule has 0 aliphatic rings. The highest BCUT2D eigenvalue weighted by Gasteiger charge is 2.14. The average Bonchev–Trinajstić information content (AvgIpc) is 2.17. The van der Waals surface area contributed by atoms with Gasteiger partial charge in [0.15, 0.2) is 0 Å². The highest BCUT2D eigenvalue weighted by Crippen LogP contribution is 2.25. The Hall–Kier alpha value is 0.790. The van der Waals surface area contributed by atoms with Crippen LogP contribution in [-0.2, 0) is 4.79 Å². The number of rotatable bonds is 4. The number of halogens is 3. The molecule has 1 unspecified atom stereocenters. The second-order valence-electron chi connectivity index (χ2n) is 3.14. The molecule has 0 aromatic heterocycles. The molecule has 1 atom stereocenters. The summed E-state index contributed by atoms with van der Waals surface area (Å²) < 4.78 is 3.24. The second kappa shape index (κ2) is 6.51. The van der Waals surface area contributed by atoms with E-state index in [1.54, 1.807) is 0 Å². The maximum atomic E-state index is 11.0. The maximum absolute atomic E-state index is 11.0. The van der Waals surface area contributed by atoms with Crippen molar-refractivity contribution in [2.45, 2.75) is 13.0 Å². The van der Waals surface area contributed by atoms with Gasteiger partial charge in [0.2, 0.25) is 3.79 Å². The standard InChI is InChI=1S/C10H10BrI2NO/c1-7(14(13)6-10(12)15)8-2-4-9(11)5-3-8/h2-5,7H,6H2,1H3. The molecule has 0 fully saturated rings. The van der Waals surface area contributed by atoms with Gasteiger partial charge in [0.1, 0.15) is 0 Å². The summed E-state index contributed by atoms with van der Waals surface area (Å²) in [5.74, 6) is 0. The lowest BCUT2D eigenvalue weighted by molar-refractivity contribution is -0.109. The van der Waals surface area contributed by atoms with Gasteiger partial charge in [0.05, 0.1) is 6.54 Å². The van der Waals surface area contributed by atoms with Gasteiger partial charge in [-0.2, -0.15) is 0 Å². The lowest BCUT2D eigenvalue weighted by atomic mass is 10.1.